The maximum Gasteiger partial charge on any atom is 1.00 e. The second kappa shape index (κ2) is 20.0. The predicted octanol–water partition coefficient (Wildman–Crippen LogP) is -3.57. The summed E-state index contributed by atoms with van der Waals surface area (Å²) < 4.78 is 0. The van der Waals surface area contributed by atoms with Gasteiger partial charge >= 0.3 is 51.4 Å². The Morgan fingerprint density at radius 1 is 1.80 bits per heavy atom. The zero-order valence-electron chi connectivity index (χ0n) is 3.80. The number of nitrogens with zero attached hydrogens (tertiary/aromatic N) is 1. The van der Waals surface area contributed by atoms with Crippen LogP contribution in [0.5, 0.6) is 0 Å². The van der Waals surface area contributed by atoms with Gasteiger partial charge in [0.2, 0.25) is 0 Å². The molecule has 0 saturated heterocycles. The molecular weight excluding hydrogens is 101 g/mol. The molecule has 0 aromatic heterocycles. The average molecular weight is 105 g/mol. The van der Waals surface area contributed by atoms with E-state index < -0.39 is 0 Å². The van der Waals surface area contributed by atoms with Gasteiger partial charge in [0, 0.05) is 0 Å². The van der Waals surface area contributed by atoms with E-state index in [-0.39, 0.29) is 58.3 Å². The van der Waals surface area contributed by atoms with Crippen molar-refractivity contribution in [3.8, 4) is 0 Å². The van der Waals surface area contributed by atoms with Gasteiger partial charge in [-0.1, -0.05) is 0 Å². The van der Waals surface area contributed by atoms with E-state index in [0.717, 1.165) is 0 Å². The van der Waals surface area contributed by atoms with Gasteiger partial charge in [0.1, 0.15) is 0 Å². The van der Waals surface area contributed by atoms with Crippen molar-refractivity contribution < 1.29 is 63.5 Å². The molecule has 0 saturated carbocycles. The van der Waals surface area contributed by atoms with Gasteiger partial charge in [0.05, 0.1) is 0 Å². The normalized spacial score (nSPS) is 2.40. The fourth-order valence-corrected chi connectivity index (χ4v) is 0. The van der Waals surface area contributed by atoms with Crippen molar-refractivity contribution in [3.05, 3.63) is 4.91 Å². The SMILES string of the molecule is O.O=NO.[H-].[K+]. The summed E-state index contributed by atoms with van der Waals surface area (Å²) in [6.45, 7) is 0. The Morgan fingerprint density at radius 3 is 1.80 bits per heavy atom. The maximum atomic E-state index is 8.11. The fraction of sp³-hybridized carbons (Fsp3) is 0. The molecule has 5 heavy (non-hydrogen) atoms. The van der Waals surface area contributed by atoms with Crippen molar-refractivity contribution in [1.29, 1.82) is 0 Å². The summed E-state index contributed by atoms with van der Waals surface area (Å²) in [5, 5.41) is 7.89. The summed E-state index contributed by atoms with van der Waals surface area (Å²) in [6.07, 6.45) is 0. The van der Waals surface area contributed by atoms with Gasteiger partial charge in [-0.2, -0.15) is 0 Å². The van der Waals surface area contributed by atoms with E-state index in [1.165, 1.54) is 5.34 Å². The first-order chi connectivity index (χ1) is 1.41. The molecule has 5 heteroatoms. The van der Waals surface area contributed by atoms with E-state index in [4.69, 9.17) is 10.1 Å². The minimum Gasteiger partial charge on any atom is -1.00 e. The van der Waals surface area contributed by atoms with Gasteiger partial charge < -0.3 is 12.1 Å². The van der Waals surface area contributed by atoms with Gasteiger partial charge in [-0.15, -0.1) is 4.91 Å². The Morgan fingerprint density at radius 2 is 1.80 bits per heavy atom. The van der Waals surface area contributed by atoms with Crippen LogP contribution in [-0.4, -0.2) is 10.7 Å². The Balaban J connectivity index is -0.00000000667. The molecule has 0 heterocycles. The van der Waals surface area contributed by atoms with E-state index >= 15 is 0 Å². The molecule has 0 aliphatic carbocycles. The molecule has 0 aliphatic heterocycles. The molecule has 28 valence electrons. The van der Waals surface area contributed by atoms with Gasteiger partial charge in [0.15, 0.2) is 5.34 Å². The van der Waals surface area contributed by atoms with Crippen molar-refractivity contribution in [2.45, 2.75) is 0 Å². The minimum atomic E-state index is 0. The monoisotopic (exact) mass is 105 g/mol. The average Bonchev–Trinajstić information content (AvgIpc) is 0.918. The molecule has 0 rings (SSSR count). The number of rotatable bonds is 0. The van der Waals surface area contributed by atoms with Crippen LogP contribution in [0.2, 0.25) is 0 Å². The quantitative estimate of drug-likeness (QED) is 0.196. The van der Waals surface area contributed by atoms with Crippen molar-refractivity contribution in [1.82, 2.24) is 0 Å². The van der Waals surface area contributed by atoms with Crippen molar-refractivity contribution >= 4 is 0 Å². The standard InChI is InChI=1S/K.HNO2.H2O.H/c;2-1-3;;/h;(H,2,3);1H2;/q+1;;;-1. The first kappa shape index (κ1) is 16.7. The Kier molecular flexibility index (Phi) is 66.8. The van der Waals surface area contributed by atoms with Crippen LogP contribution in [0.3, 0.4) is 0 Å². The molecule has 0 aliphatic rings. The van der Waals surface area contributed by atoms with Crippen molar-refractivity contribution in [2.75, 3.05) is 0 Å². The van der Waals surface area contributed by atoms with Crippen LogP contribution in [0.15, 0.2) is 5.34 Å². The fourth-order valence-electron chi connectivity index (χ4n) is 0. The molecule has 0 spiro atoms. The van der Waals surface area contributed by atoms with Crippen LogP contribution in [-0.2, 0) is 0 Å². The van der Waals surface area contributed by atoms with E-state index in [0.29, 0.717) is 0 Å². The second-order valence-corrected chi connectivity index (χ2v) is 0.0816. The van der Waals surface area contributed by atoms with E-state index in [2.05, 4.69) is 0 Å². The van der Waals surface area contributed by atoms with Gasteiger partial charge in [-0.3, -0.25) is 0 Å². The molecule has 0 fully saturated rings. The maximum absolute atomic E-state index is 8.11. The smallest absolute Gasteiger partial charge is 1.00 e. The van der Waals surface area contributed by atoms with Crippen LogP contribution in [0, 0.1) is 4.91 Å². The zero-order chi connectivity index (χ0) is 2.71. The zero-order valence-corrected chi connectivity index (χ0v) is 5.93. The first-order valence-electron chi connectivity index (χ1n) is 0.383. The number of hydrogen-bond donors (Lipinski definition) is 1. The van der Waals surface area contributed by atoms with Gasteiger partial charge in [-0.05, 0) is 0 Å². The summed E-state index contributed by atoms with van der Waals surface area (Å²) in [5.41, 5.74) is 0. The molecule has 0 aromatic carbocycles. The Bertz CT molecular complexity index is 18.3. The Labute approximate surface area is 72.7 Å². The molecule has 0 atom stereocenters. The molecule has 4 nitrogen and oxygen atoms in total. The largest absolute Gasteiger partial charge is 1.00 e. The Hall–Kier alpha value is 0.996. The van der Waals surface area contributed by atoms with E-state index in [9.17, 15) is 0 Å². The minimum absolute atomic E-state index is 0. The molecule has 0 aromatic rings. The predicted molar refractivity (Wildman–Crippen MR) is 12.3 cm³/mol. The summed E-state index contributed by atoms with van der Waals surface area (Å²) in [4.78, 5) is 8.11. The molecule has 3 N–H and O–H groups in total. The topological polar surface area (TPSA) is 81.2 Å². The van der Waals surface area contributed by atoms with Crippen LogP contribution in [0.25, 0.3) is 0 Å². The second-order valence-electron chi connectivity index (χ2n) is 0.0816. The van der Waals surface area contributed by atoms with Crippen molar-refractivity contribution in [2.24, 2.45) is 5.34 Å². The van der Waals surface area contributed by atoms with Crippen LogP contribution < -0.4 is 51.4 Å². The number of hydrogen-bond acceptors (Lipinski definition) is 2. The van der Waals surface area contributed by atoms with E-state index in [1.807, 2.05) is 0 Å². The van der Waals surface area contributed by atoms with Crippen LogP contribution in [0.1, 0.15) is 1.43 Å². The van der Waals surface area contributed by atoms with Gasteiger partial charge in [-0.25, -0.2) is 0 Å². The summed E-state index contributed by atoms with van der Waals surface area (Å²) in [5.74, 6) is 0. The first-order valence-corrected chi connectivity index (χ1v) is 0.383. The molecule has 0 bridgehead atoms. The van der Waals surface area contributed by atoms with Crippen molar-refractivity contribution in [3.63, 3.8) is 0 Å². The molecule has 0 amide bonds. The van der Waals surface area contributed by atoms with Crippen LogP contribution >= 0.6 is 0 Å². The third kappa shape index (κ3) is 45.2. The van der Waals surface area contributed by atoms with E-state index in [1.54, 1.807) is 0 Å². The summed E-state index contributed by atoms with van der Waals surface area (Å²) in [7, 11) is 0. The molecule has 0 unspecified atom stereocenters. The van der Waals surface area contributed by atoms with Crippen LogP contribution in [0.4, 0.5) is 0 Å². The molecular formula is H4KNO3. The summed E-state index contributed by atoms with van der Waals surface area (Å²) >= 11 is 0. The van der Waals surface area contributed by atoms with Gasteiger partial charge in [0.25, 0.3) is 0 Å². The third-order valence-electron chi connectivity index (χ3n) is 0. The summed E-state index contributed by atoms with van der Waals surface area (Å²) in [6, 6.07) is 0. The molecule has 0 radical (unpaired) electrons. The third-order valence-corrected chi connectivity index (χ3v) is 0.